The zero-order valence-electron chi connectivity index (χ0n) is 49.0. The number of ether oxygens (including phenoxy) is 3. The third kappa shape index (κ3) is 60.2. The second-order valence-electron chi connectivity index (χ2n) is 19.8. The van der Waals surface area contributed by atoms with Crippen LogP contribution in [0.4, 0.5) is 0 Å². The van der Waals surface area contributed by atoms with Crippen LogP contribution in [0.2, 0.25) is 0 Å². The molecule has 0 N–H and O–H groups in total. The van der Waals surface area contributed by atoms with Crippen molar-refractivity contribution in [3.05, 3.63) is 146 Å². The predicted octanol–water partition coefficient (Wildman–Crippen LogP) is 21.2. The summed E-state index contributed by atoms with van der Waals surface area (Å²) in [5, 5.41) is 0. The fraction of sp³-hybridized carbons (Fsp3) is 0.614. The minimum atomic E-state index is -0.821. The molecule has 1 unspecified atom stereocenters. The summed E-state index contributed by atoms with van der Waals surface area (Å²) in [6.45, 7) is 6.31. The Morgan fingerprint density at radius 3 is 0.842 bits per heavy atom. The molecule has 6 heteroatoms. The lowest BCUT2D eigenvalue weighted by Gasteiger charge is -2.18. The summed E-state index contributed by atoms with van der Waals surface area (Å²) in [5.74, 6) is -0.990. The van der Waals surface area contributed by atoms with E-state index in [1.54, 1.807) is 0 Å². The van der Waals surface area contributed by atoms with Crippen LogP contribution < -0.4 is 0 Å². The van der Waals surface area contributed by atoms with Gasteiger partial charge in [0, 0.05) is 19.3 Å². The Labute approximate surface area is 467 Å². The van der Waals surface area contributed by atoms with Crippen LogP contribution in [0.3, 0.4) is 0 Å². The molecule has 0 amide bonds. The third-order valence-electron chi connectivity index (χ3n) is 12.6. The molecular formula is C70H112O6. The van der Waals surface area contributed by atoms with E-state index < -0.39 is 6.10 Å². The van der Waals surface area contributed by atoms with Crippen molar-refractivity contribution in [3.63, 3.8) is 0 Å². The van der Waals surface area contributed by atoms with Crippen LogP contribution in [0.1, 0.15) is 258 Å². The smallest absolute Gasteiger partial charge is 0.306 e. The first-order valence-corrected chi connectivity index (χ1v) is 30.8. The van der Waals surface area contributed by atoms with Crippen LogP contribution in [0.25, 0.3) is 0 Å². The first-order chi connectivity index (χ1) is 37.5. The Bertz CT molecular complexity index is 1680. The molecule has 0 aliphatic heterocycles. The highest BCUT2D eigenvalue weighted by Crippen LogP contribution is 2.15. The first kappa shape index (κ1) is 71.3. The second kappa shape index (κ2) is 62.8. The highest BCUT2D eigenvalue weighted by atomic mass is 16.6. The molecule has 0 aliphatic rings. The van der Waals surface area contributed by atoms with Gasteiger partial charge < -0.3 is 14.2 Å². The normalized spacial score (nSPS) is 13.1. The molecule has 0 aromatic carbocycles. The van der Waals surface area contributed by atoms with Crippen LogP contribution in [0.15, 0.2) is 146 Å². The molecule has 0 aromatic heterocycles. The quantitative estimate of drug-likeness (QED) is 0.0261. The fourth-order valence-electron chi connectivity index (χ4n) is 7.99. The van der Waals surface area contributed by atoms with Crippen molar-refractivity contribution in [2.24, 2.45) is 0 Å². The largest absolute Gasteiger partial charge is 0.462 e. The van der Waals surface area contributed by atoms with Crippen molar-refractivity contribution in [2.75, 3.05) is 13.2 Å². The molecular weight excluding hydrogens is 937 g/mol. The summed E-state index contributed by atoms with van der Waals surface area (Å²) in [6.07, 6.45) is 90.0. The summed E-state index contributed by atoms with van der Waals surface area (Å²) in [7, 11) is 0. The van der Waals surface area contributed by atoms with Gasteiger partial charge >= 0.3 is 17.9 Å². The molecule has 428 valence electrons. The Balaban J connectivity index is 4.41. The molecule has 1 atom stereocenters. The van der Waals surface area contributed by atoms with Gasteiger partial charge in [-0.3, -0.25) is 14.4 Å². The minimum absolute atomic E-state index is 0.112. The van der Waals surface area contributed by atoms with Crippen molar-refractivity contribution < 1.29 is 28.6 Å². The number of carbonyl (C=O) groups excluding carboxylic acids is 3. The Morgan fingerprint density at radius 1 is 0.276 bits per heavy atom. The van der Waals surface area contributed by atoms with Crippen LogP contribution in [-0.2, 0) is 28.6 Å². The van der Waals surface area contributed by atoms with E-state index in [4.69, 9.17) is 14.2 Å². The van der Waals surface area contributed by atoms with Crippen molar-refractivity contribution >= 4 is 17.9 Å². The summed E-state index contributed by atoms with van der Waals surface area (Å²) >= 11 is 0. The molecule has 0 saturated carbocycles. The van der Waals surface area contributed by atoms with Gasteiger partial charge in [0.1, 0.15) is 13.2 Å². The summed E-state index contributed by atoms with van der Waals surface area (Å²) in [4.78, 5) is 38.2. The molecule has 0 aliphatic carbocycles. The topological polar surface area (TPSA) is 78.9 Å². The van der Waals surface area contributed by atoms with E-state index in [0.29, 0.717) is 19.3 Å². The Hall–Kier alpha value is -4.71. The predicted molar refractivity (Wildman–Crippen MR) is 329 cm³/mol. The maximum absolute atomic E-state index is 12.9. The van der Waals surface area contributed by atoms with Gasteiger partial charge in [0.05, 0.1) is 0 Å². The number of esters is 3. The maximum Gasteiger partial charge on any atom is 0.306 e. The lowest BCUT2D eigenvalue weighted by molar-refractivity contribution is -0.167. The van der Waals surface area contributed by atoms with E-state index >= 15 is 0 Å². The van der Waals surface area contributed by atoms with Gasteiger partial charge in [0.25, 0.3) is 0 Å². The summed E-state index contributed by atoms with van der Waals surface area (Å²) in [5.41, 5.74) is 0. The SMILES string of the molecule is CC/C=C\C/C=C\C/C=C\C/C=C\C/C=C\CCCCCCCCCCCCCC(=O)OCC(COC(=O)CCCCCCC/C=C\C/C=C\CCCC)OC(=O)CCC/C=C\C/C=C\C/C=C\C/C=C\C/C=C\CC. The van der Waals surface area contributed by atoms with E-state index in [9.17, 15) is 14.4 Å². The van der Waals surface area contributed by atoms with E-state index in [1.807, 2.05) is 0 Å². The van der Waals surface area contributed by atoms with Crippen molar-refractivity contribution in [2.45, 2.75) is 264 Å². The average Bonchev–Trinajstić information content (AvgIpc) is 3.42. The fourth-order valence-corrected chi connectivity index (χ4v) is 7.99. The Morgan fingerprint density at radius 2 is 0.526 bits per heavy atom. The molecule has 76 heavy (non-hydrogen) atoms. The van der Waals surface area contributed by atoms with Gasteiger partial charge in [-0.1, -0.05) is 256 Å². The zero-order valence-corrected chi connectivity index (χ0v) is 49.0. The number of rotatable bonds is 54. The van der Waals surface area contributed by atoms with E-state index in [-0.39, 0.29) is 37.5 Å². The zero-order chi connectivity index (χ0) is 55.0. The minimum Gasteiger partial charge on any atom is -0.462 e. The second-order valence-corrected chi connectivity index (χ2v) is 19.8. The average molecular weight is 1050 g/mol. The first-order valence-electron chi connectivity index (χ1n) is 30.8. The number of hydrogen-bond acceptors (Lipinski definition) is 6. The van der Waals surface area contributed by atoms with Gasteiger partial charge in [-0.05, 0) is 128 Å². The lowest BCUT2D eigenvalue weighted by Crippen LogP contribution is -2.30. The molecule has 6 nitrogen and oxygen atoms in total. The van der Waals surface area contributed by atoms with Crippen molar-refractivity contribution in [3.8, 4) is 0 Å². The maximum atomic E-state index is 12.9. The number of hydrogen-bond donors (Lipinski definition) is 0. The summed E-state index contributed by atoms with van der Waals surface area (Å²) in [6, 6.07) is 0. The Kier molecular flexibility index (Phi) is 58.9. The van der Waals surface area contributed by atoms with Crippen molar-refractivity contribution in [1.29, 1.82) is 0 Å². The van der Waals surface area contributed by atoms with Gasteiger partial charge in [0.2, 0.25) is 0 Å². The van der Waals surface area contributed by atoms with E-state index in [1.165, 1.54) is 77.0 Å². The molecule has 0 bridgehead atoms. The van der Waals surface area contributed by atoms with Gasteiger partial charge in [0.15, 0.2) is 6.10 Å². The van der Waals surface area contributed by atoms with Crippen molar-refractivity contribution in [1.82, 2.24) is 0 Å². The van der Waals surface area contributed by atoms with Crippen LogP contribution in [-0.4, -0.2) is 37.2 Å². The number of carbonyl (C=O) groups is 3. The molecule has 0 spiro atoms. The number of allylic oxidation sites excluding steroid dienone is 24. The van der Waals surface area contributed by atoms with Crippen LogP contribution in [0.5, 0.6) is 0 Å². The highest BCUT2D eigenvalue weighted by Gasteiger charge is 2.19. The van der Waals surface area contributed by atoms with Crippen LogP contribution in [0, 0.1) is 0 Å². The van der Waals surface area contributed by atoms with Gasteiger partial charge in [-0.25, -0.2) is 0 Å². The van der Waals surface area contributed by atoms with Crippen LogP contribution >= 0.6 is 0 Å². The lowest BCUT2D eigenvalue weighted by atomic mass is 10.0. The third-order valence-corrected chi connectivity index (χ3v) is 12.6. The molecule has 0 heterocycles. The standard InChI is InChI=1S/C70H112O6/c1-4-7-10-13-16-19-22-25-28-30-31-32-33-34-35-36-37-38-39-41-42-45-48-51-54-57-60-63-69(72)75-66-67(65-74-68(71)62-59-56-53-50-47-44-27-24-21-18-15-12-9-6-3)76-70(73)64-61-58-55-52-49-46-43-40-29-26-23-20-17-14-11-8-5-2/h7-8,10-11,15-20,24-29,31-32,34-35,43,46,52,55,67H,4-6,9,12-14,21-23,30,33,36-42,44-45,47-51,53-54,56-66H2,1-3H3/b10-7-,11-8-,18-15-,19-16-,20-17-,27-24-,28-25-,29-26-,32-31-,35-34-,46-43-,55-52-. The monoisotopic (exact) mass is 1050 g/mol. The van der Waals surface area contributed by atoms with E-state index in [2.05, 4.69) is 167 Å². The molecule has 0 aromatic rings. The molecule has 0 rings (SSSR count). The summed E-state index contributed by atoms with van der Waals surface area (Å²) < 4.78 is 16.8. The molecule has 0 radical (unpaired) electrons. The van der Waals surface area contributed by atoms with E-state index in [0.717, 1.165) is 135 Å². The molecule has 0 saturated heterocycles. The number of unbranched alkanes of at least 4 members (excludes halogenated alkanes) is 19. The van der Waals surface area contributed by atoms with Gasteiger partial charge in [-0.2, -0.15) is 0 Å². The molecule has 0 fully saturated rings. The van der Waals surface area contributed by atoms with Gasteiger partial charge in [-0.15, -0.1) is 0 Å². The highest BCUT2D eigenvalue weighted by molar-refractivity contribution is 5.71.